The number of nitrogens with one attached hydrogen (secondary N) is 1. The number of ether oxygens (including phenoxy) is 1. The van der Waals surface area contributed by atoms with E-state index in [-0.39, 0.29) is 11.9 Å². The molecule has 1 unspecified atom stereocenters. The van der Waals surface area contributed by atoms with Crippen molar-refractivity contribution >= 4 is 22.5 Å². The number of carbonyl (C=O) groups excluding carboxylic acids is 1. The minimum atomic E-state index is -0.239. The van der Waals surface area contributed by atoms with Crippen LogP contribution in [-0.4, -0.2) is 34.9 Å². The molecule has 1 amide bonds. The predicted octanol–water partition coefficient (Wildman–Crippen LogP) is 4.45. The van der Waals surface area contributed by atoms with Gasteiger partial charge in [-0.05, 0) is 56.2 Å². The summed E-state index contributed by atoms with van der Waals surface area (Å²) in [5, 5.41) is 4.32. The number of fused-ring (bicyclic) bond motifs is 1. The van der Waals surface area contributed by atoms with Crippen LogP contribution in [0.3, 0.4) is 0 Å². The summed E-state index contributed by atoms with van der Waals surface area (Å²) in [6, 6.07) is 17.2. The van der Waals surface area contributed by atoms with Crippen molar-refractivity contribution in [3.05, 3.63) is 60.8 Å². The molecular weight excluding hydrogens is 338 g/mol. The van der Waals surface area contributed by atoms with Crippen LogP contribution < -0.4 is 10.1 Å². The maximum atomic E-state index is 12.4. The molecule has 0 saturated carbocycles. The van der Waals surface area contributed by atoms with Crippen LogP contribution in [0.4, 0.5) is 5.69 Å². The smallest absolute Gasteiger partial charge is 0.244 e. The Bertz CT molecular complexity index is 928. The highest BCUT2D eigenvalue weighted by molar-refractivity contribution is 5.85. The van der Waals surface area contributed by atoms with Crippen LogP contribution in [0.15, 0.2) is 60.8 Å². The van der Waals surface area contributed by atoms with Crippen molar-refractivity contribution in [2.75, 3.05) is 18.4 Å². The predicted molar refractivity (Wildman–Crippen MR) is 107 cm³/mol. The summed E-state index contributed by atoms with van der Waals surface area (Å²) in [7, 11) is 0. The number of carbonyl (C=O) groups is 1. The van der Waals surface area contributed by atoms with E-state index in [4.69, 9.17) is 4.74 Å². The molecule has 0 bridgehead atoms. The molecule has 0 aliphatic carbocycles. The van der Waals surface area contributed by atoms with Crippen LogP contribution in [-0.2, 0) is 4.79 Å². The Kier molecular flexibility index (Phi) is 4.92. The van der Waals surface area contributed by atoms with Gasteiger partial charge in [0.05, 0.1) is 0 Å². The van der Waals surface area contributed by atoms with Gasteiger partial charge in [-0.2, -0.15) is 0 Å². The summed E-state index contributed by atoms with van der Waals surface area (Å²) in [5.41, 5.74) is 1.74. The molecular formula is C22H23N3O2. The standard InChI is InChI=1S/C22H23N3O2/c1-16(22(26)25-14-2-3-15-25)24-18-9-11-19(12-10-18)27-20-8-4-6-17-7-5-13-23-21(17)20/h4-13,16,24H,2-3,14-15H2,1H3. The molecule has 2 aromatic carbocycles. The molecule has 1 aromatic heterocycles. The fourth-order valence-corrected chi connectivity index (χ4v) is 3.43. The Hall–Kier alpha value is -3.08. The van der Waals surface area contributed by atoms with E-state index in [1.54, 1.807) is 6.20 Å². The molecule has 5 heteroatoms. The minimum Gasteiger partial charge on any atom is -0.455 e. The van der Waals surface area contributed by atoms with Gasteiger partial charge in [-0.1, -0.05) is 18.2 Å². The van der Waals surface area contributed by atoms with Gasteiger partial charge in [-0.15, -0.1) is 0 Å². The third-order valence-electron chi connectivity index (χ3n) is 4.85. The van der Waals surface area contributed by atoms with E-state index in [9.17, 15) is 4.79 Å². The Morgan fingerprint density at radius 3 is 2.59 bits per heavy atom. The average molecular weight is 361 g/mol. The Morgan fingerprint density at radius 1 is 1.07 bits per heavy atom. The first-order chi connectivity index (χ1) is 13.2. The highest BCUT2D eigenvalue weighted by atomic mass is 16.5. The molecule has 138 valence electrons. The summed E-state index contributed by atoms with van der Waals surface area (Å²) >= 11 is 0. The largest absolute Gasteiger partial charge is 0.455 e. The first kappa shape index (κ1) is 17.3. The van der Waals surface area contributed by atoms with Crippen LogP contribution in [0.1, 0.15) is 19.8 Å². The Labute approximate surface area is 159 Å². The van der Waals surface area contributed by atoms with Crippen molar-refractivity contribution in [1.82, 2.24) is 9.88 Å². The molecule has 5 nitrogen and oxygen atoms in total. The molecule has 3 aromatic rings. The first-order valence-corrected chi connectivity index (χ1v) is 9.38. The lowest BCUT2D eigenvalue weighted by molar-refractivity contribution is -0.130. The summed E-state index contributed by atoms with van der Waals surface area (Å²) in [6.45, 7) is 3.65. The van der Waals surface area contributed by atoms with Crippen LogP contribution in [0.25, 0.3) is 10.9 Å². The van der Waals surface area contributed by atoms with Gasteiger partial charge < -0.3 is 15.0 Å². The van der Waals surface area contributed by atoms with Crippen molar-refractivity contribution in [3.8, 4) is 11.5 Å². The van der Waals surface area contributed by atoms with Crippen molar-refractivity contribution < 1.29 is 9.53 Å². The normalized spacial score (nSPS) is 14.9. The van der Waals surface area contributed by atoms with E-state index in [1.165, 1.54) is 0 Å². The number of aromatic nitrogens is 1. The number of pyridine rings is 1. The Balaban J connectivity index is 1.43. The van der Waals surface area contributed by atoms with E-state index in [0.29, 0.717) is 0 Å². The SMILES string of the molecule is CC(Nc1ccc(Oc2cccc3cccnc23)cc1)C(=O)N1CCCC1. The number of anilines is 1. The number of likely N-dealkylation sites (tertiary alicyclic amines) is 1. The maximum absolute atomic E-state index is 12.4. The van der Waals surface area contributed by atoms with Crippen molar-refractivity contribution in [2.24, 2.45) is 0 Å². The van der Waals surface area contributed by atoms with E-state index in [0.717, 1.165) is 54.0 Å². The van der Waals surface area contributed by atoms with Gasteiger partial charge >= 0.3 is 0 Å². The fourth-order valence-electron chi connectivity index (χ4n) is 3.43. The van der Waals surface area contributed by atoms with Gasteiger partial charge in [0.1, 0.15) is 17.3 Å². The molecule has 1 N–H and O–H groups in total. The zero-order valence-electron chi connectivity index (χ0n) is 15.4. The van der Waals surface area contributed by atoms with E-state index < -0.39 is 0 Å². The Morgan fingerprint density at radius 2 is 1.81 bits per heavy atom. The number of para-hydroxylation sites is 1. The second-order valence-electron chi connectivity index (χ2n) is 6.86. The molecule has 1 atom stereocenters. The van der Waals surface area contributed by atoms with E-state index in [1.807, 2.05) is 66.4 Å². The highest BCUT2D eigenvalue weighted by Gasteiger charge is 2.22. The lowest BCUT2D eigenvalue weighted by Crippen LogP contribution is -2.39. The van der Waals surface area contributed by atoms with Crippen LogP contribution in [0.2, 0.25) is 0 Å². The van der Waals surface area contributed by atoms with Crippen LogP contribution in [0, 0.1) is 0 Å². The first-order valence-electron chi connectivity index (χ1n) is 9.38. The summed E-state index contributed by atoms with van der Waals surface area (Å²) in [5.74, 6) is 1.62. The second-order valence-corrected chi connectivity index (χ2v) is 6.86. The molecule has 1 fully saturated rings. The van der Waals surface area contributed by atoms with Gasteiger partial charge in [0.25, 0.3) is 0 Å². The molecule has 2 heterocycles. The van der Waals surface area contributed by atoms with Crippen molar-refractivity contribution in [3.63, 3.8) is 0 Å². The lowest BCUT2D eigenvalue weighted by Gasteiger charge is -2.22. The zero-order chi connectivity index (χ0) is 18.6. The van der Waals surface area contributed by atoms with Crippen molar-refractivity contribution in [2.45, 2.75) is 25.8 Å². The van der Waals surface area contributed by atoms with Crippen molar-refractivity contribution in [1.29, 1.82) is 0 Å². The van der Waals surface area contributed by atoms with Gasteiger partial charge in [-0.25, -0.2) is 0 Å². The lowest BCUT2D eigenvalue weighted by atomic mass is 10.2. The molecule has 4 rings (SSSR count). The molecule has 0 radical (unpaired) electrons. The summed E-state index contributed by atoms with van der Waals surface area (Å²) in [4.78, 5) is 18.8. The summed E-state index contributed by atoms with van der Waals surface area (Å²) in [6.07, 6.45) is 3.97. The minimum absolute atomic E-state index is 0.162. The topological polar surface area (TPSA) is 54.5 Å². The zero-order valence-corrected chi connectivity index (χ0v) is 15.4. The number of amides is 1. The number of nitrogens with zero attached hydrogens (tertiary/aromatic N) is 2. The number of hydrogen-bond acceptors (Lipinski definition) is 4. The van der Waals surface area contributed by atoms with E-state index in [2.05, 4.69) is 10.3 Å². The van der Waals surface area contributed by atoms with Crippen LogP contribution >= 0.6 is 0 Å². The molecule has 0 spiro atoms. The molecule has 1 aliphatic heterocycles. The van der Waals surface area contributed by atoms with Gasteiger partial charge in [-0.3, -0.25) is 9.78 Å². The number of benzene rings is 2. The van der Waals surface area contributed by atoms with Crippen LogP contribution in [0.5, 0.6) is 11.5 Å². The summed E-state index contributed by atoms with van der Waals surface area (Å²) < 4.78 is 6.01. The van der Waals surface area contributed by atoms with Gasteiger partial charge in [0.15, 0.2) is 5.75 Å². The number of hydrogen-bond donors (Lipinski definition) is 1. The number of rotatable bonds is 5. The molecule has 1 saturated heterocycles. The maximum Gasteiger partial charge on any atom is 0.244 e. The van der Waals surface area contributed by atoms with Gasteiger partial charge in [0, 0.05) is 30.4 Å². The third-order valence-corrected chi connectivity index (χ3v) is 4.85. The van der Waals surface area contributed by atoms with E-state index >= 15 is 0 Å². The quantitative estimate of drug-likeness (QED) is 0.729. The highest BCUT2D eigenvalue weighted by Crippen LogP contribution is 2.29. The third kappa shape index (κ3) is 3.87. The second kappa shape index (κ2) is 7.66. The molecule has 1 aliphatic rings. The van der Waals surface area contributed by atoms with Gasteiger partial charge in [0.2, 0.25) is 5.91 Å². The molecule has 27 heavy (non-hydrogen) atoms. The fraction of sp³-hybridized carbons (Fsp3) is 0.273. The monoisotopic (exact) mass is 361 g/mol. The average Bonchev–Trinajstić information content (AvgIpc) is 3.24.